The Hall–Kier alpha value is -3.38. The second-order valence-electron chi connectivity index (χ2n) is 10.7. The zero-order valence-electron chi connectivity index (χ0n) is 21.4. The predicted molar refractivity (Wildman–Crippen MR) is 134 cm³/mol. The van der Waals surface area contributed by atoms with Crippen molar-refractivity contribution in [2.75, 3.05) is 23.7 Å². The van der Waals surface area contributed by atoms with Crippen molar-refractivity contribution in [3.05, 3.63) is 33.4 Å². The van der Waals surface area contributed by atoms with Gasteiger partial charge in [0.25, 0.3) is 0 Å². The number of hydrogen-bond acceptors (Lipinski definition) is 7. The Morgan fingerprint density at radius 3 is 2.43 bits per heavy atom. The number of fused-ring (bicyclic) bond motifs is 1. The molecule has 37 heavy (non-hydrogen) atoms. The van der Waals surface area contributed by atoms with Gasteiger partial charge in [0.15, 0.2) is 5.82 Å². The summed E-state index contributed by atoms with van der Waals surface area (Å²) >= 11 is 0. The van der Waals surface area contributed by atoms with E-state index in [9.17, 15) is 23.0 Å². The molecule has 1 aliphatic carbocycles. The van der Waals surface area contributed by atoms with E-state index >= 15 is 4.39 Å². The van der Waals surface area contributed by atoms with Gasteiger partial charge < -0.3 is 29.9 Å². The Labute approximate surface area is 212 Å². The minimum atomic E-state index is -3.41. The molecule has 9 nitrogen and oxygen atoms in total. The zero-order chi connectivity index (χ0) is 27.4. The minimum absolute atomic E-state index is 0.0552. The Bertz CT molecular complexity index is 1320. The number of benzene rings is 1. The van der Waals surface area contributed by atoms with Gasteiger partial charge in [-0.3, -0.25) is 4.79 Å². The van der Waals surface area contributed by atoms with Gasteiger partial charge in [-0.15, -0.1) is 0 Å². The molecule has 1 aromatic carbocycles. The average molecular weight is 522 g/mol. The molecule has 0 unspecified atom stereocenters. The summed E-state index contributed by atoms with van der Waals surface area (Å²) < 4.78 is 52.0. The number of nitrogens with zero attached hydrogens (tertiary/aromatic N) is 2. The molecule has 200 valence electrons. The van der Waals surface area contributed by atoms with E-state index < -0.39 is 47.6 Å². The summed E-state index contributed by atoms with van der Waals surface area (Å²) in [5.41, 5.74) is 4.33. The highest BCUT2D eigenvalue weighted by atomic mass is 19.2. The molecule has 4 rings (SSSR count). The van der Waals surface area contributed by atoms with E-state index in [2.05, 4.69) is 9.97 Å². The minimum Gasteiger partial charge on any atom is -0.474 e. The van der Waals surface area contributed by atoms with Crippen LogP contribution in [0.3, 0.4) is 0 Å². The number of carbonyl (C=O) groups excluding carboxylic acids is 2. The summed E-state index contributed by atoms with van der Waals surface area (Å²) in [5.74, 6) is -2.41. The molecule has 2 heterocycles. The lowest BCUT2D eigenvalue weighted by atomic mass is 10.0. The number of hydrogen-bond donors (Lipinski definition) is 2. The Morgan fingerprint density at radius 2 is 1.86 bits per heavy atom. The smallest absolute Gasteiger partial charge is 0.474 e. The van der Waals surface area contributed by atoms with Crippen LogP contribution in [0, 0.1) is 18.7 Å². The number of halogens is 3. The molecule has 13 heteroatoms. The first-order chi connectivity index (χ1) is 17.2. The van der Waals surface area contributed by atoms with E-state index in [1.165, 1.54) is 6.20 Å². The first-order valence-corrected chi connectivity index (χ1v) is 12.1. The zero-order valence-corrected chi connectivity index (χ0v) is 21.4. The number of alkyl carbamates (subject to hydrolysis) is 1. The number of aryl methyl sites for hydroxylation is 1. The molecule has 1 aliphatic heterocycles. The van der Waals surface area contributed by atoms with Gasteiger partial charge in [0.2, 0.25) is 5.43 Å². The highest BCUT2D eigenvalue weighted by molar-refractivity contribution is 6.38. The largest absolute Gasteiger partial charge is 0.798 e. The average Bonchev–Trinajstić information content (AvgIpc) is 3.54. The predicted octanol–water partition coefficient (Wildman–Crippen LogP) is 3.80. The second-order valence-corrected chi connectivity index (χ2v) is 10.7. The number of nitrogen functional groups attached to an aromatic ring is 1. The van der Waals surface area contributed by atoms with Crippen molar-refractivity contribution in [3.8, 4) is 0 Å². The van der Waals surface area contributed by atoms with Crippen LogP contribution >= 0.6 is 0 Å². The standard InChI is InChI=1S/C24H30BF3N4O5/c1-11-8-31(10-15(11)30-23(35)36-24(3,4)5)20-12(2)19-16(18(29)17(20)26)21(33)14(22(34)37-25(27)28)9-32(19)13-6-7-13/h9,11,13,15H,6-8,10,29H2,1-5H3,(H,30,35)/t11-,15+/m0/s1. The Kier molecular flexibility index (Phi) is 6.85. The first-order valence-electron chi connectivity index (χ1n) is 12.1. The normalized spacial score (nSPS) is 19.7. The third-order valence-electron chi connectivity index (χ3n) is 6.65. The lowest BCUT2D eigenvalue weighted by Crippen LogP contribution is -2.42. The third-order valence-corrected chi connectivity index (χ3v) is 6.65. The van der Waals surface area contributed by atoms with Gasteiger partial charge in [0.1, 0.15) is 11.2 Å². The number of rotatable bonds is 5. The van der Waals surface area contributed by atoms with E-state index in [1.807, 2.05) is 6.92 Å². The highest BCUT2D eigenvalue weighted by Gasteiger charge is 2.37. The molecule has 2 atom stereocenters. The molecule has 1 saturated heterocycles. The maximum absolute atomic E-state index is 15.8. The van der Waals surface area contributed by atoms with Crippen molar-refractivity contribution < 1.29 is 32.0 Å². The van der Waals surface area contributed by atoms with Crippen molar-refractivity contribution >= 4 is 41.8 Å². The number of aromatic nitrogens is 1. The molecule has 1 aromatic heterocycles. The number of ether oxygens (including phenoxy) is 1. The van der Waals surface area contributed by atoms with Gasteiger partial charge in [-0.1, -0.05) is 6.92 Å². The fourth-order valence-electron chi connectivity index (χ4n) is 4.88. The van der Waals surface area contributed by atoms with Crippen molar-refractivity contribution in [2.24, 2.45) is 5.92 Å². The molecular weight excluding hydrogens is 492 g/mol. The molecule has 1 saturated carbocycles. The molecule has 0 spiro atoms. The number of nitrogens with two attached hydrogens (primary N) is 1. The van der Waals surface area contributed by atoms with Crippen LogP contribution in [-0.2, 0) is 9.39 Å². The van der Waals surface area contributed by atoms with Crippen LogP contribution in [0.2, 0.25) is 0 Å². The topological polar surface area (TPSA) is 116 Å². The maximum atomic E-state index is 15.8. The monoisotopic (exact) mass is 522 g/mol. The van der Waals surface area contributed by atoms with E-state index in [0.717, 1.165) is 12.8 Å². The van der Waals surface area contributed by atoms with Gasteiger partial charge in [-0.2, -0.15) is 0 Å². The van der Waals surface area contributed by atoms with Crippen LogP contribution in [0.25, 0.3) is 10.9 Å². The van der Waals surface area contributed by atoms with Crippen LogP contribution in [0.1, 0.15) is 62.5 Å². The van der Waals surface area contributed by atoms with Crippen LogP contribution in [0.15, 0.2) is 11.0 Å². The Morgan fingerprint density at radius 1 is 1.22 bits per heavy atom. The number of nitrogens with one attached hydrogen (secondary N) is 1. The number of amides is 1. The highest BCUT2D eigenvalue weighted by Crippen LogP contribution is 2.43. The summed E-state index contributed by atoms with van der Waals surface area (Å²) in [7, 11) is -3.41. The van der Waals surface area contributed by atoms with E-state index in [4.69, 9.17) is 10.5 Å². The quantitative estimate of drug-likeness (QED) is 0.454. The molecule has 2 aliphatic rings. The summed E-state index contributed by atoms with van der Waals surface area (Å²) in [6, 6.07) is -0.431. The molecule has 2 aromatic rings. The van der Waals surface area contributed by atoms with Crippen molar-refractivity contribution in [1.82, 2.24) is 9.88 Å². The second kappa shape index (κ2) is 9.49. The lowest BCUT2D eigenvalue weighted by molar-refractivity contribution is 0.0499. The molecule has 0 radical (unpaired) electrons. The molecule has 2 fully saturated rings. The molecular formula is C24H30BF3N4O5. The fraction of sp³-hybridized carbons (Fsp3) is 0.542. The van der Waals surface area contributed by atoms with Gasteiger partial charge in [0.05, 0.1) is 28.3 Å². The number of carbonyl (C=O) groups is 2. The molecule has 3 N–H and O–H groups in total. The van der Waals surface area contributed by atoms with Crippen molar-refractivity contribution in [3.63, 3.8) is 0 Å². The van der Waals surface area contributed by atoms with Gasteiger partial charge >= 0.3 is 19.5 Å². The number of pyridine rings is 1. The van der Waals surface area contributed by atoms with Crippen molar-refractivity contribution in [1.29, 1.82) is 0 Å². The number of anilines is 2. The SMILES string of the molecule is Cc1c(N2C[C@H](C)[C@H](NC(=O)OC(C)(C)C)C2)c(F)c(N)c2c(=O)c(C(=O)OB(F)F)cn(C3CC3)c12. The summed E-state index contributed by atoms with van der Waals surface area (Å²) in [4.78, 5) is 39.5. The van der Waals surface area contributed by atoms with Gasteiger partial charge in [0, 0.05) is 25.3 Å². The molecule has 0 bridgehead atoms. The van der Waals surface area contributed by atoms with Gasteiger partial charge in [-0.05, 0) is 52.0 Å². The first kappa shape index (κ1) is 26.7. The Balaban J connectivity index is 1.78. The lowest BCUT2D eigenvalue weighted by Gasteiger charge is -2.26. The van der Waals surface area contributed by atoms with E-state index in [-0.39, 0.29) is 35.6 Å². The fourth-order valence-corrected chi connectivity index (χ4v) is 4.88. The maximum Gasteiger partial charge on any atom is 0.798 e. The van der Waals surface area contributed by atoms with Crippen LogP contribution in [0.4, 0.5) is 29.2 Å². The van der Waals surface area contributed by atoms with Crippen LogP contribution < -0.4 is 21.4 Å². The van der Waals surface area contributed by atoms with E-state index in [0.29, 0.717) is 17.6 Å². The van der Waals surface area contributed by atoms with Gasteiger partial charge in [-0.25, -0.2) is 22.6 Å². The van der Waals surface area contributed by atoms with Crippen LogP contribution in [0.5, 0.6) is 0 Å². The summed E-state index contributed by atoms with van der Waals surface area (Å²) in [5, 5.41) is 2.59. The summed E-state index contributed by atoms with van der Waals surface area (Å²) in [6.07, 6.45) is 2.08. The third kappa shape index (κ3) is 5.21. The molecule has 1 amide bonds. The van der Waals surface area contributed by atoms with E-state index in [1.54, 1.807) is 37.2 Å². The van der Waals surface area contributed by atoms with Crippen molar-refractivity contribution in [2.45, 2.75) is 65.1 Å². The summed E-state index contributed by atoms with van der Waals surface area (Å²) in [6.45, 7) is 9.50. The van der Waals surface area contributed by atoms with Crippen LogP contribution in [-0.4, -0.2) is 48.8 Å².